The largest absolute Gasteiger partial charge is 0.396 e. The molecule has 1 aromatic rings. The first-order valence-corrected chi connectivity index (χ1v) is 9.00. The minimum Gasteiger partial charge on any atom is -0.396 e. The highest BCUT2D eigenvalue weighted by Gasteiger charge is 2.29. The van der Waals surface area contributed by atoms with E-state index < -0.39 is 10.0 Å². The van der Waals surface area contributed by atoms with E-state index in [9.17, 15) is 8.42 Å². The number of aliphatic hydroxyl groups excluding tert-OH is 1. The highest BCUT2D eigenvalue weighted by molar-refractivity contribution is 7.89. The van der Waals surface area contributed by atoms with Crippen molar-refractivity contribution < 1.29 is 13.5 Å². The lowest BCUT2D eigenvalue weighted by Crippen LogP contribution is -2.44. The molecule has 1 aromatic carbocycles. The van der Waals surface area contributed by atoms with Gasteiger partial charge >= 0.3 is 0 Å². The van der Waals surface area contributed by atoms with Crippen molar-refractivity contribution in [2.45, 2.75) is 44.6 Å². The van der Waals surface area contributed by atoms with Crippen LogP contribution in [0.2, 0.25) is 0 Å². The predicted octanol–water partition coefficient (Wildman–Crippen LogP) is 2.54. The van der Waals surface area contributed by atoms with Gasteiger partial charge in [0.05, 0.1) is 4.90 Å². The summed E-state index contributed by atoms with van der Waals surface area (Å²) < 4.78 is 27.5. The van der Waals surface area contributed by atoms with E-state index in [4.69, 9.17) is 16.7 Å². The second-order valence-corrected chi connectivity index (χ2v) is 8.23. The SMILES string of the molecule is CC(C)(C)C(CCO)NS(=O)(=O)c1ccc(CCCl)cc1. The van der Waals surface area contributed by atoms with Crippen molar-refractivity contribution in [3.63, 3.8) is 0 Å². The number of sulfonamides is 1. The van der Waals surface area contributed by atoms with E-state index in [0.717, 1.165) is 5.56 Å². The molecule has 0 aliphatic carbocycles. The van der Waals surface area contributed by atoms with Gasteiger partial charge in [-0.2, -0.15) is 0 Å². The van der Waals surface area contributed by atoms with Gasteiger partial charge in [0, 0.05) is 18.5 Å². The van der Waals surface area contributed by atoms with Crippen LogP contribution in [0.3, 0.4) is 0 Å². The number of aryl methyl sites for hydroxylation is 1. The molecule has 0 fully saturated rings. The molecule has 6 heteroatoms. The third-order valence-electron chi connectivity index (χ3n) is 3.38. The maximum Gasteiger partial charge on any atom is 0.240 e. The molecule has 0 aliphatic heterocycles. The molecule has 21 heavy (non-hydrogen) atoms. The number of aliphatic hydroxyl groups is 1. The second-order valence-electron chi connectivity index (χ2n) is 6.14. The summed E-state index contributed by atoms with van der Waals surface area (Å²) >= 11 is 5.67. The van der Waals surface area contributed by atoms with E-state index in [1.165, 1.54) is 0 Å². The van der Waals surface area contributed by atoms with Crippen molar-refractivity contribution in [3.05, 3.63) is 29.8 Å². The van der Waals surface area contributed by atoms with Crippen LogP contribution in [0.1, 0.15) is 32.8 Å². The Kier molecular flexibility index (Phi) is 6.66. The van der Waals surface area contributed by atoms with Crippen molar-refractivity contribution >= 4 is 21.6 Å². The molecule has 1 unspecified atom stereocenters. The summed E-state index contributed by atoms with van der Waals surface area (Å²) in [6.45, 7) is 5.78. The lowest BCUT2D eigenvalue weighted by molar-refractivity contribution is 0.214. The maximum atomic E-state index is 12.4. The van der Waals surface area contributed by atoms with E-state index >= 15 is 0 Å². The molecule has 0 aromatic heterocycles. The van der Waals surface area contributed by atoms with E-state index in [2.05, 4.69) is 4.72 Å². The predicted molar refractivity (Wildman–Crippen MR) is 86.1 cm³/mol. The van der Waals surface area contributed by atoms with Crippen molar-refractivity contribution in [1.29, 1.82) is 0 Å². The molecule has 2 N–H and O–H groups in total. The number of hydrogen-bond donors (Lipinski definition) is 2. The lowest BCUT2D eigenvalue weighted by Gasteiger charge is -2.30. The third kappa shape index (κ3) is 5.58. The van der Waals surface area contributed by atoms with Gasteiger partial charge < -0.3 is 5.11 Å². The van der Waals surface area contributed by atoms with Crippen LogP contribution in [0, 0.1) is 5.41 Å². The molecule has 0 radical (unpaired) electrons. The minimum absolute atomic E-state index is 0.0564. The third-order valence-corrected chi connectivity index (χ3v) is 5.05. The van der Waals surface area contributed by atoms with E-state index in [-0.39, 0.29) is 23.0 Å². The molecule has 0 heterocycles. The van der Waals surface area contributed by atoms with Crippen molar-refractivity contribution in [1.82, 2.24) is 4.72 Å². The highest BCUT2D eigenvalue weighted by atomic mass is 35.5. The summed E-state index contributed by atoms with van der Waals surface area (Å²) in [7, 11) is -3.59. The fourth-order valence-corrected chi connectivity index (χ4v) is 3.69. The lowest BCUT2D eigenvalue weighted by atomic mass is 9.86. The molecular formula is C15H24ClNO3S. The Bertz CT molecular complexity index is 535. The average molecular weight is 334 g/mol. The summed E-state index contributed by atoms with van der Waals surface area (Å²) in [5.74, 6) is 0.507. The van der Waals surface area contributed by atoms with Crippen LogP contribution in [0.15, 0.2) is 29.2 Å². The van der Waals surface area contributed by atoms with Crippen LogP contribution >= 0.6 is 11.6 Å². The molecule has 0 saturated heterocycles. The van der Waals surface area contributed by atoms with Gasteiger partial charge in [0.2, 0.25) is 10.0 Å². The fourth-order valence-electron chi connectivity index (χ4n) is 2.00. The van der Waals surface area contributed by atoms with Gasteiger partial charge in [0.1, 0.15) is 0 Å². The van der Waals surface area contributed by atoms with Gasteiger partial charge in [-0.05, 0) is 36.0 Å². The smallest absolute Gasteiger partial charge is 0.240 e. The number of nitrogens with one attached hydrogen (secondary N) is 1. The van der Waals surface area contributed by atoms with Gasteiger partial charge in [0.25, 0.3) is 0 Å². The quantitative estimate of drug-likeness (QED) is 0.753. The Hall–Kier alpha value is -0.620. The minimum atomic E-state index is -3.59. The number of alkyl halides is 1. The number of hydrogen-bond acceptors (Lipinski definition) is 3. The molecule has 0 aliphatic rings. The summed E-state index contributed by atoms with van der Waals surface area (Å²) in [6, 6.07) is 6.39. The Morgan fingerprint density at radius 2 is 1.81 bits per heavy atom. The molecule has 0 amide bonds. The molecule has 1 rings (SSSR count). The van der Waals surface area contributed by atoms with E-state index in [0.29, 0.717) is 18.7 Å². The normalized spacial score (nSPS) is 14.1. The topological polar surface area (TPSA) is 66.4 Å². The zero-order valence-electron chi connectivity index (χ0n) is 12.8. The first-order valence-electron chi connectivity index (χ1n) is 6.99. The van der Waals surface area contributed by atoms with Crippen LogP contribution in [-0.4, -0.2) is 32.1 Å². The Labute approximate surface area is 132 Å². The van der Waals surface area contributed by atoms with Gasteiger partial charge in [-0.1, -0.05) is 32.9 Å². The van der Waals surface area contributed by atoms with Gasteiger partial charge in [-0.15, -0.1) is 11.6 Å². The van der Waals surface area contributed by atoms with Gasteiger partial charge in [-0.25, -0.2) is 13.1 Å². The Balaban J connectivity index is 2.93. The average Bonchev–Trinajstić information content (AvgIpc) is 2.38. The molecule has 4 nitrogen and oxygen atoms in total. The molecule has 0 spiro atoms. The first kappa shape index (κ1) is 18.4. The Morgan fingerprint density at radius 1 is 1.24 bits per heavy atom. The molecule has 120 valence electrons. The fraction of sp³-hybridized carbons (Fsp3) is 0.600. The molecule has 1 atom stereocenters. The van der Waals surface area contributed by atoms with Crippen LogP contribution < -0.4 is 4.72 Å². The summed E-state index contributed by atoms with van der Waals surface area (Å²) in [6.07, 6.45) is 1.09. The van der Waals surface area contributed by atoms with E-state index in [1.54, 1.807) is 24.3 Å². The van der Waals surface area contributed by atoms with Crippen LogP contribution in [-0.2, 0) is 16.4 Å². The monoisotopic (exact) mass is 333 g/mol. The standard InChI is InChI=1S/C15H24ClNO3S/c1-15(2,3)14(9-11-18)17-21(19,20)13-6-4-12(5-7-13)8-10-16/h4-7,14,17-18H,8-11H2,1-3H3. The summed E-state index contributed by atoms with van der Waals surface area (Å²) in [5, 5.41) is 9.12. The second kappa shape index (κ2) is 7.58. The van der Waals surface area contributed by atoms with Gasteiger partial charge in [-0.3, -0.25) is 0 Å². The maximum absolute atomic E-state index is 12.4. The van der Waals surface area contributed by atoms with Crippen LogP contribution in [0.25, 0.3) is 0 Å². The van der Waals surface area contributed by atoms with E-state index in [1.807, 2.05) is 20.8 Å². The first-order chi connectivity index (χ1) is 9.70. The Morgan fingerprint density at radius 3 is 2.24 bits per heavy atom. The highest BCUT2D eigenvalue weighted by Crippen LogP contribution is 2.24. The van der Waals surface area contributed by atoms with Crippen molar-refractivity contribution in [2.24, 2.45) is 5.41 Å². The molecular weight excluding hydrogens is 310 g/mol. The molecule has 0 bridgehead atoms. The molecule has 0 saturated carbocycles. The zero-order valence-corrected chi connectivity index (χ0v) is 14.3. The van der Waals surface area contributed by atoms with Crippen LogP contribution in [0.4, 0.5) is 0 Å². The number of rotatable bonds is 7. The van der Waals surface area contributed by atoms with Crippen molar-refractivity contribution in [2.75, 3.05) is 12.5 Å². The van der Waals surface area contributed by atoms with Crippen LogP contribution in [0.5, 0.6) is 0 Å². The summed E-state index contributed by atoms with van der Waals surface area (Å²) in [5.41, 5.74) is 0.737. The number of benzene rings is 1. The van der Waals surface area contributed by atoms with Gasteiger partial charge in [0.15, 0.2) is 0 Å². The number of halogens is 1. The zero-order chi connectivity index (χ0) is 16.1. The summed E-state index contributed by atoms with van der Waals surface area (Å²) in [4.78, 5) is 0.230. The van der Waals surface area contributed by atoms with Crippen molar-refractivity contribution in [3.8, 4) is 0 Å².